The second-order valence-corrected chi connectivity index (χ2v) is 11.1. The molecule has 1 fully saturated rings. The van der Waals surface area contributed by atoms with Crippen LogP contribution in [0.15, 0.2) is 29.1 Å². The van der Waals surface area contributed by atoms with Gasteiger partial charge in [0.15, 0.2) is 0 Å². The summed E-state index contributed by atoms with van der Waals surface area (Å²) in [4.78, 5) is 40.2. The van der Waals surface area contributed by atoms with E-state index < -0.39 is 5.41 Å². The van der Waals surface area contributed by atoms with Crippen molar-refractivity contribution in [1.82, 2.24) is 14.5 Å². The fourth-order valence-electron chi connectivity index (χ4n) is 5.91. The topological polar surface area (TPSA) is 102 Å². The molecule has 0 saturated carbocycles. The molecule has 1 unspecified atom stereocenters. The van der Waals surface area contributed by atoms with Crippen LogP contribution in [0.25, 0.3) is 10.9 Å². The third-order valence-electron chi connectivity index (χ3n) is 8.10. The number of amides is 1. The molecule has 3 aromatic rings. The number of pyridine rings is 1. The van der Waals surface area contributed by atoms with E-state index in [4.69, 9.17) is 19.4 Å². The number of hydrogen-bond donors (Lipinski definition) is 1. The molecule has 0 radical (unpaired) electrons. The van der Waals surface area contributed by atoms with Crippen LogP contribution in [0, 0.1) is 6.92 Å². The zero-order valence-electron chi connectivity index (χ0n) is 22.6. The van der Waals surface area contributed by atoms with Crippen LogP contribution in [0.4, 0.5) is 17.3 Å². The number of anilines is 3. The van der Waals surface area contributed by atoms with Gasteiger partial charge in [-0.05, 0) is 57.0 Å². The molecule has 1 N–H and O–H groups in total. The lowest BCUT2D eigenvalue weighted by Gasteiger charge is -2.34. The normalized spacial score (nSPS) is 22.1. The number of fused-ring (bicyclic) bond motifs is 3. The highest BCUT2D eigenvalue weighted by Gasteiger charge is 2.41. The van der Waals surface area contributed by atoms with Gasteiger partial charge in [-0.25, -0.2) is 4.98 Å². The summed E-state index contributed by atoms with van der Waals surface area (Å²) in [5.41, 5.74) is 4.49. The molecule has 200 valence electrons. The van der Waals surface area contributed by atoms with E-state index in [2.05, 4.69) is 10.2 Å². The lowest BCUT2D eigenvalue weighted by Crippen LogP contribution is -2.44. The van der Waals surface area contributed by atoms with Gasteiger partial charge in [0, 0.05) is 45.2 Å². The highest BCUT2D eigenvalue weighted by molar-refractivity contribution is 6.05. The van der Waals surface area contributed by atoms with Crippen molar-refractivity contribution in [1.29, 1.82) is 0 Å². The van der Waals surface area contributed by atoms with E-state index in [1.165, 1.54) is 0 Å². The van der Waals surface area contributed by atoms with E-state index in [0.717, 1.165) is 41.4 Å². The van der Waals surface area contributed by atoms with Gasteiger partial charge in [-0.1, -0.05) is 0 Å². The van der Waals surface area contributed by atoms with Gasteiger partial charge in [0.05, 0.1) is 53.1 Å². The SMILES string of the molecule is COC[C@H]1CN(c2ccc3c(=O)n4c(nc3c2)N(C)CC4Cc2cc3c(nc2C)C(C)(C)C(=O)N3)CCO1. The number of hydrogen-bond acceptors (Lipinski definition) is 8. The van der Waals surface area contributed by atoms with Crippen molar-refractivity contribution in [2.45, 2.75) is 44.8 Å². The van der Waals surface area contributed by atoms with E-state index in [0.29, 0.717) is 43.0 Å². The fourth-order valence-corrected chi connectivity index (χ4v) is 5.91. The third-order valence-corrected chi connectivity index (χ3v) is 8.10. The Bertz CT molecular complexity index is 1500. The number of rotatable bonds is 5. The van der Waals surface area contributed by atoms with Gasteiger partial charge in [-0.15, -0.1) is 0 Å². The van der Waals surface area contributed by atoms with Gasteiger partial charge >= 0.3 is 0 Å². The molecule has 10 heteroatoms. The number of carbonyl (C=O) groups is 1. The summed E-state index contributed by atoms with van der Waals surface area (Å²) < 4.78 is 12.9. The Labute approximate surface area is 221 Å². The molecule has 0 aliphatic carbocycles. The molecule has 0 bridgehead atoms. The molecule has 1 aromatic carbocycles. The first-order valence-corrected chi connectivity index (χ1v) is 13.1. The Morgan fingerprint density at radius 3 is 2.79 bits per heavy atom. The third kappa shape index (κ3) is 3.94. The maximum absolute atomic E-state index is 13.8. The number of nitrogens with zero attached hydrogens (tertiary/aromatic N) is 5. The second-order valence-electron chi connectivity index (χ2n) is 11.1. The van der Waals surface area contributed by atoms with E-state index in [1.807, 2.05) is 61.6 Å². The lowest BCUT2D eigenvalue weighted by molar-refractivity contribution is -0.119. The van der Waals surface area contributed by atoms with Gasteiger partial charge in [0.25, 0.3) is 5.56 Å². The standard InChI is InChI=1S/C28H34N6O4/c1-16-17(11-23-24(29-16)28(2,3)26(36)30-23)10-19-13-32(4)27-31-22-12-18(6-7-21(22)25(35)34(19)27)33-8-9-38-20(14-33)15-37-5/h6-7,11-12,19-20H,8-10,13-15H2,1-5H3,(H,30,36)/t19?,20-/m1/s1. The number of likely N-dealkylation sites (N-methyl/N-ethyl adjacent to an activating group) is 1. The summed E-state index contributed by atoms with van der Waals surface area (Å²) >= 11 is 0. The Hall–Kier alpha value is -3.50. The summed E-state index contributed by atoms with van der Waals surface area (Å²) in [5.74, 6) is 0.630. The lowest BCUT2D eigenvalue weighted by atomic mass is 9.89. The summed E-state index contributed by atoms with van der Waals surface area (Å²) in [6.45, 7) is 9.12. The molecular formula is C28H34N6O4. The Balaban J connectivity index is 1.32. The van der Waals surface area contributed by atoms with Gasteiger partial charge < -0.3 is 24.6 Å². The van der Waals surface area contributed by atoms with Gasteiger partial charge in [-0.2, -0.15) is 0 Å². The molecule has 3 aliphatic rings. The van der Waals surface area contributed by atoms with Crippen molar-refractivity contribution in [3.05, 3.63) is 51.6 Å². The minimum atomic E-state index is -0.649. The summed E-state index contributed by atoms with van der Waals surface area (Å²) in [6.07, 6.45) is 0.645. The first-order valence-electron chi connectivity index (χ1n) is 13.1. The number of benzene rings is 1. The van der Waals surface area contributed by atoms with Crippen molar-refractivity contribution in [3.8, 4) is 0 Å². The van der Waals surface area contributed by atoms with Crippen LogP contribution in [-0.2, 0) is 26.1 Å². The number of nitrogens with one attached hydrogen (secondary N) is 1. The first-order chi connectivity index (χ1) is 18.2. The van der Waals surface area contributed by atoms with E-state index in [9.17, 15) is 9.59 Å². The number of methoxy groups -OCH3 is 1. The number of aryl methyl sites for hydroxylation is 1. The first kappa shape index (κ1) is 24.8. The minimum Gasteiger partial charge on any atom is -0.382 e. The maximum atomic E-state index is 13.8. The molecule has 38 heavy (non-hydrogen) atoms. The molecule has 10 nitrogen and oxygen atoms in total. The minimum absolute atomic E-state index is 0.0199. The predicted molar refractivity (Wildman–Crippen MR) is 146 cm³/mol. The van der Waals surface area contributed by atoms with Gasteiger partial charge in [-0.3, -0.25) is 19.1 Å². The molecule has 2 aromatic heterocycles. The molecule has 5 heterocycles. The zero-order valence-corrected chi connectivity index (χ0v) is 22.6. The van der Waals surface area contributed by atoms with Crippen LogP contribution in [0.2, 0.25) is 0 Å². The summed E-state index contributed by atoms with van der Waals surface area (Å²) in [7, 11) is 3.66. The van der Waals surface area contributed by atoms with Gasteiger partial charge in [0.1, 0.15) is 0 Å². The molecule has 6 rings (SSSR count). The quantitative estimate of drug-likeness (QED) is 0.550. The molecule has 3 aliphatic heterocycles. The van der Waals surface area contributed by atoms with Crippen LogP contribution in [0.3, 0.4) is 0 Å². The van der Waals surface area contributed by atoms with Crippen molar-refractivity contribution in [2.75, 3.05) is 62.1 Å². The Morgan fingerprint density at radius 2 is 2.00 bits per heavy atom. The monoisotopic (exact) mass is 518 g/mol. The number of ether oxygens (including phenoxy) is 2. The molecular weight excluding hydrogens is 484 g/mol. The fraction of sp³-hybridized carbons (Fsp3) is 0.500. The molecule has 1 amide bonds. The van der Waals surface area contributed by atoms with Gasteiger partial charge in [0.2, 0.25) is 11.9 Å². The number of morpholine rings is 1. The van der Waals surface area contributed by atoms with Crippen molar-refractivity contribution >= 4 is 34.1 Å². The molecule has 0 spiro atoms. The maximum Gasteiger partial charge on any atom is 0.263 e. The molecule has 1 saturated heterocycles. The summed E-state index contributed by atoms with van der Waals surface area (Å²) in [5, 5.41) is 3.58. The molecule has 2 atom stereocenters. The van der Waals surface area contributed by atoms with Crippen LogP contribution in [-0.4, -0.2) is 73.6 Å². The number of aromatic nitrogens is 3. The van der Waals surface area contributed by atoms with Crippen LogP contribution < -0.4 is 20.7 Å². The Morgan fingerprint density at radius 1 is 1.18 bits per heavy atom. The summed E-state index contributed by atoms with van der Waals surface area (Å²) in [6, 6.07) is 7.83. The van der Waals surface area contributed by atoms with Crippen molar-refractivity contribution in [3.63, 3.8) is 0 Å². The highest BCUT2D eigenvalue weighted by atomic mass is 16.5. The van der Waals surface area contributed by atoms with Crippen LogP contribution in [0.5, 0.6) is 0 Å². The highest BCUT2D eigenvalue weighted by Crippen LogP contribution is 2.38. The van der Waals surface area contributed by atoms with Crippen LogP contribution in [0.1, 0.15) is 36.8 Å². The largest absolute Gasteiger partial charge is 0.382 e. The number of carbonyl (C=O) groups excluding carboxylic acids is 1. The van der Waals surface area contributed by atoms with Crippen molar-refractivity contribution < 1.29 is 14.3 Å². The van der Waals surface area contributed by atoms with E-state index >= 15 is 0 Å². The van der Waals surface area contributed by atoms with Crippen LogP contribution >= 0.6 is 0 Å². The van der Waals surface area contributed by atoms with E-state index in [-0.39, 0.29) is 23.6 Å². The second kappa shape index (κ2) is 9.06. The van der Waals surface area contributed by atoms with Crippen molar-refractivity contribution in [2.24, 2.45) is 0 Å². The average molecular weight is 519 g/mol. The average Bonchev–Trinajstić information content (AvgIpc) is 3.31. The zero-order chi connectivity index (χ0) is 26.8. The Kier molecular flexibility index (Phi) is 5.92. The van der Waals surface area contributed by atoms with E-state index in [1.54, 1.807) is 7.11 Å². The predicted octanol–water partition coefficient (Wildman–Crippen LogP) is 2.41. The smallest absolute Gasteiger partial charge is 0.263 e.